The third-order valence-corrected chi connectivity index (χ3v) is 6.08. The number of anilines is 2. The molecule has 5 rings (SSSR count). The van der Waals surface area contributed by atoms with Crippen LogP contribution in [0.3, 0.4) is 0 Å². The van der Waals surface area contributed by atoms with Gasteiger partial charge in [0.05, 0.1) is 6.04 Å². The van der Waals surface area contributed by atoms with Crippen molar-refractivity contribution in [2.75, 3.05) is 23.3 Å². The molecule has 0 radical (unpaired) electrons. The van der Waals surface area contributed by atoms with Gasteiger partial charge in [-0.15, -0.1) is 0 Å². The molecule has 34 heavy (non-hydrogen) atoms. The first kappa shape index (κ1) is 21.6. The van der Waals surface area contributed by atoms with Crippen LogP contribution in [0.4, 0.5) is 16.0 Å². The number of aromatic nitrogens is 3. The number of carboxylic acids is 1. The predicted octanol–water partition coefficient (Wildman–Crippen LogP) is 3.70. The maximum atomic E-state index is 14.4. The van der Waals surface area contributed by atoms with Crippen LogP contribution in [-0.4, -0.2) is 38.5 Å². The molecule has 3 aromatic heterocycles. The van der Waals surface area contributed by atoms with Crippen molar-refractivity contribution in [3.63, 3.8) is 0 Å². The largest absolute Gasteiger partial charge is 0.478 e. The van der Waals surface area contributed by atoms with Crippen LogP contribution in [0.2, 0.25) is 0 Å². The molecule has 1 aliphatic rings. The van der Waals surface area contributed by atoms with Crippen molar-refractivity contribution >= 4 is 23.3 Å². The molecular weight excluding hydrogens is 437 g/mol. The van der Waals surface area contributed by atoms with Gasteiger partial charge in [0.1, 0.15) is 28.7 Å². The van der Waals surface area contributed by atoms with Crippen molar-refractivity contribution in [2.45, 2.75) is 18.9 Å². The van der Waals surface area contributed by atoms with Gasteiger partial charge in [0.15, 0.2) is 0 Å². The molecule has 172 valence electrons. The highest BCUT2D eigenvalue weighted by Crippen LogP contribution is 2.31. The Bertz CT molecular complexity index is 1430. The van der Waals surface area contributed by atoms with Gasteiger partial charge in [-0.25, -0.2) is 19.2 Å². The zero-order valence-electron chi connectivity index (χ0n) is 18.4. The fraction of sp³-hybridized carbons (Fsp3) is 0.200. The maximum Gasteiger partial charge on any atom is 0.339 e. The summed E-state index contributed by atoms with van der Waals surface area (Å²) >= 11 is 0. The summed E-state index contributed by atoms with van der Waals surface area (Å²) in [5.74, 6) is -0.693. The number of carbonyl (C=O) groups is 1. The highest BCUT2D eigenvalue weighted by atomic mass is 19.1. The zero-order valence-corrected chi connectivity index (χ0v) is 18.4. The van der Waals surface area contributed by atoms with Crippen LogP contribution in [0.25, 0.3) is 5.65 Å². The van der Waals surface area contributed by atoms with E-state index in [4.69, 9.17) is 4.98 Å². The summed E-state index contributed by atoms with van der Waals surface area (Å²) in [5, 5.41) is 12.5. The van der Waals surface area contributed by atoms with Crippen molar-refractivity contribution in [3.05, 3.63) is 99.9 Å². The summed E-state index contributed by atoms with van der Waals surface area (Å²) in [7, 11) is 0. The molecule has 1 atom stereocenters. The second kappa shape index (κ2) is 8.58. The van der Waals surface area contributed by atoms with E-state index in [0.717, 1.165) is 19.3 Å². The average molecular weight is 459 g/mol. The fourth-order valence-electron chi connectivity index (χ4n) is 4.24. The Morgan fingerprint density at radius 1 is 1.18 bits per heavy atom. The molecule has 1 aromatic carbocycles. The topological polar surface area (TPSA) is 99.8 Å². The van der Waals surface area contributed by atoms with Crippen LogP contribution in [0, 0.1) is 5.82 Å². The van der Waals surface area contributed by atoms with Gasteiger partial charge in [0, 0.05) is 43.0 Å². The van der Waals surface area contributed by atoms with Gasteiger partial charge in [-0.2, -0.15) is 0 Å². The van der Waals surface area contributed by atoms with Gasteiger partial charge in [-0.05, 0) is 30.7 Å². The molecule has 1 aliphatic heterocycles. The van der Waals surface area contributed by atoms with E-state index in [2.05, 4.69) is 22.4 Å². The maximum absolute atomic E-state index is 14.4. The highest BCUT2D eigenvalue weighted by molar-refractivity contribution is 5.93. The van der Waals surface area contributed by atoms with Crippen molar-refractivity contribution in [3.8, 4) is 0 Å². The van der Waals surface area contributed by atoms with E-state index in [1.165, 1.54) is 40.4 Å². The molecular formula is C25H22FN5O3. The predicted molar refractivity (Wildman–Crippen MR) is 126 cm³/mol. The quantitative estimate of drug-likeness (QED) is 0.453. The first-order valence-corrected chi connectivity index (χ1v) is 10.9. The first-order chi connectivity index (χ1) is 16.4. The SMILES string of the molecule is CC(Nc1ncccc1C(=O)O)c1cc(F)cn2c(=O)cc(N3CC(c4ccccc4)C3)nc12. The molecule has 0 amide bonds. The number of hydrogen-bond donors (Lipinski definition) is 2. The van der Waals surface area contributed by atoms with E-state index in [1.54, 1.807) is 6.92 Å². The van der Waals surface area contributed by atoms with Gasteiger partial charge in [0.2, 0.25) is 0 Å². The standard InChI is InChI=1S/C25H22FN5O3/c1-15(28-23-19(25(33)34)8-5-9-27-23)20-10-18(26)14-31-22(32)11-21(29-24(20)31)30-12-17(13-30)16-6-3-2-4-7-16/h2-11,14-15,17H,12-13H2,1H3,(H,27,28)(H,33,34). The second-order valence-electron chi connectivity index (χ2n) is 8.34. The molecule has 8 nitrogen and oxygen atoms in total. The van der Waals surface area contributed by atoms with Crippen LogP contribution < -0.4 is 15.8 Å². The molecule has 9 heteroatoms. The minimum Gasteiger partial charge on any atom is -0.478 e. The lowest BCUT2D eigenvalue weighted by molar-refractivity contribution is 0.0697. The Kier molecular flexibility index (Phi) is 5.45. The number of rotatable bonds is 6. The molecule has 4 aromatic rings. The monoisotopic (exact) mass is 459 g/mol. The Morgan fingerprint density at radius 2 is 1.94 bits per heavy atom. The number of hydrogen-bond acceptors (Lipinski definition) is 6. The fourth-order valence-corrected chi connectivity index (χ4v) is 4.24. The summed E-state index contributed by atoms with van der Waals surface area (Å²) in [5.41, 5.74) is 1.57. The van der Waals surface area contributed by atoms with Crippen molar-refractivity contribution in [1.29, 1.82) is 0 Å². The Labute approximate surface area is 194 Å². The van der Waals surface area contributed by atoms with Crippen LogP contribution in [0.5, 0.6) is 0 Å². The number of nitrogens with zero attached hydrogens (tertiary/aromatic N) is 4. The normalized spacial score (nSPS) is 14.6. The smallest absolute Gasteiger partial charge is 0.339 e. The Balaban J connectivity index is 1.48. The lowest BCUT2D eigenvalue weighted by atomic mass is 9.91. The number of benzene rings is 1. The van der Waals surface area contributed by atoms with E-state index in [9.17, 15) is 19.1 Å². The van der Waals surface area contributed by atoms with Crippen LogP contribution in [0.1, 0.15) is 40.4 Å². The van der Waals surface area contributed by atoms with Crippen LogP contribution >= 0.6 is 0 Å². The molecule has 0 saturated carbocycles. The number of halogens is 1. The van der Waals surface area contributed by atoms with E-state index in [0.29, 0.717) is 22.9 Å². The number of pyridine rings is 2. The number of aromatic carboxylic acids is 1. The van der Waals surface area contributed by atoms with Gasteiger partial charge >= 0.3 is 5.97 Å². The third kappa shape index (κ3) is 3.96. The molecule has 4 heterocycles. The summed E-state index contributed by atoms with van der Waals surface area (Å²) in [6.45, 7) is 3.20. The summed E-state index contributed by atoms with van der Waals surface area (Å²) in [6.07, 6.45) is 2.58. The van der Waals surface area contributed by atoms with Crippen LogP contribution in [-0.2, 0) is 0 Å². The Hall–Kier alpha value is -4.27. The van der Waals surface area contributed by atoms with E-state index < -0.39 is 17.8 Å². The van der Waals surface area contributed by atoms with E-state index in [1.807, 2.05) is 23.1 Å². The number of carboxylic acid groups (broad SMARTS) is 1. The van der Waals surface area contributed by atoms with Gasteiger partial charge < -0.3 is 15.3 Å². The second-order valence-corrected chi connectivity index (χ2v) is 8.34. The van der Waals surface area contributed by atoms with Crippen LogP contribution in [0.15, 0.2) is 71.8 Å². The Morgan fingerprint density at radius 3 is 2.68 bits per heavy atom. The van der Waals surface area contributed by atoms with Crippen molar-refractivity contribution < 1.29 is 14.3 Å². The van der Waals surface area contributed by atoms with E-state index in [-0.39, 0.29) is 16.9 Å². The minimum absolute atomic E-state index is 0.00610. The molecule has 1 unspecified atom stereocenters. The summed E-state index contributed by atoms with van der Waals surface area (Å²) in [6, 6.07) is 15.3. The molecule has 2 N–H and O–H groups in total. The summed E-state index contributed by atoms with van der Waals surface area (Å²) < 4.78 is 15.6. The number of fused-ring (bicyclic) bond motifs is 1. The minimum atomic E-state index is -1.13. The van der Waals surface area contributed by atoms with Crippen molar-refractivity contribution in [1.82, 2.24) is 14.4 Å². The molecule has 0 spiro atoms. The first-order valence-electron chi connectivity index (χ1n) is 10.9. The van der Waals surface area contributed by atoms with Gasteiger partial charge in [-0.3, -0.25) is 9.20 Å². The summed E-state index contributed by atoms with van der Waals surface area (Å²) in [4.78, 5) is 35.2. The molecule has 0 bridgehead atoms. The lowest BCUT2D eigenvalue weighted by Crippen LogP contribution is -2.46. The molecule has 1 fully saturated rings. The average Bonchev–Trinajstić information content (AvgIpc) is 2.79. The third-order valence-electron chi connectivity index (χ3n) is 6.08. The van der Waals surface area contributed by atoms with Gasteiger partial charge in [0.25, 0.3) is 5.56 Å². The molecule has 0 aliphatic carbocycles. The van der Waals surface area contributed by atoms with Crippen molar-refractivity contribution in [2.24, 2.45) is 0 Å². The lowest BCUT2D eigenvalue weighted by Gasteiger charge is -2.40. The van der Waals surface area contributed by atoms with E-state index >= 15 is 0 Å². The zero-order chi connectivity index (χ0) is 23.8. The van der Waals surface area contributed by atoms with Gasteiger partial charge in [-0.1, -0.05) is 30.3 Å². The molecule has 1 saturated heterocycles. The number of nitrogens with one attached hydrogen (secondary N) is 1. The highest BCUT2D eigenvalue weighted by Gasteiger charge is 2.30.